The number of carbonyl (C=O) groups excluding carboxylic acids is 1. The van der Waals surface area contributed by atoms with E-state index in [0.29, 0.717) is 36.4 Å². The molecule has 0 saturated carbocycles. The molecule has 6 heteroatoms. The fraction of sp³-hybridized carbons (Fsp3) is 0.650. The van der Waals surface area contributed by atoms with Gasteiger partial charge in [-0.15, -0.1) is 0 Å². The van der Waals surface area contributed by atoms with Crippen LogP contribution < -0.4 is 0 Å². The molecule has 144 valence electrons. The van der Waals surface area contributed by atoms with Crippen LogP contribution in [-0.2, 0) is 10.0 Å². The highest BCUT2D eigenvalue weighted by Crippen LogP contribution is 2.25. The van der Waals surface area contributed by atoms with Crippen LogP contribution in [0.3, 0.4) is 0 Å². The first-order valence-electron chi connectivity index (χ1n) is 9.67. The number of hydrogen-bond acceptors (Lipinski definition) is 3. The molecule has 1 amide bonds. The number of benzene rings is 1. The fourth-order valence-electron chi connectivity index (χ4n) is 4.16. The molecule has 2 aliphatic heterocycles. The molecule has 0 spiro atoms. The number of sulfonamides is 1. The first-order valence-corrected chi connectivity index (χ1v) is 11.1. The molecule has 2 saturated heterocycles. The van der Waals surface area contributed by atoms with Crippen molar-refractivity contribution in [3.63, 3.8) is 0 Å². The van der Waals surface area contributed by atoms with Crippen LogP contribution in [0, 0.1) is 17.8 Å². The van der Waals surface area contributed by atoms with Gasteiger partial charge in [-0.3, -0.25) is 4.79 Å². The summed E-state index contributed by atoms with van der Waals surface area (Å²) in [5, 5.41) is 0. The van der Waals surface area contributed by atoms with Gasteiger partial charge in [0.05, 0.1) is 4.90 Å². The number of likely N-dealkylation sites (tertiary alicyclic amines) is 1. The van der Waals surface area contributed by atoms with E-state index in [1.54, 1.807) is 28.6 Å². The Morgan fingerprint density at radius 2 is 1.46 bits per heavy atom. The minimum absolute atomic E-state index is 0.000791. The second kappa shape index (κ2) is 7.69. The van der Waals surface area contributed by atoms with E-state index in [1.165, 1.54) is 0 Å². The summed E-state index contributed by atoms with van der Waals surface area (Å²) in [6, 6.07) is 6.48. The lowest BCUT2D eigenvalue weighted by molar-refractivity contribution is 0.0623. The lowest BCUT2D eigenvalue weighted by Crippen LogP contribution is -2.42. The molecule has 26 heavy (non-hydrogen) atoms. The third-order valence-corrected chi connectivity index (χ3v) is 7.55. The van der Waals surface area contributed by atoms with Gasteiger partial charge < -0.3 is 4.90 Å². The van der Waals surface area contributed by atoms with E-state index in [2.05, 4.69) is 20.8 Å². The van der Waals surface area contributed by atoms with E-state index in [1.807, 2.05) is 4.90 Å². The van der Waals surface area contributed by atoms with Gasteiger partial charge in [0.15, 0.2) is 0 Å². The summed E-state index contributed by atoms with van der Waals surface area (Å²) in [6.45, 7) is 9.20. The highest BCUT2D eigenvalue weighted by atomic mass is 32.2. The Hall–Kier alpha value is -1.40. The van der Waals surface area contributed by atoms with Crippen molar-refractivity contribution < 1.29 is 13.2 Å². The first-order chi connectivity index (χ1) is 12.3. The molecule has 5 nitrogen and oxygen atoms in total. The summed E-state index contributed by atoms with van der Waals surface area (Å²) in [7, 11) is -3.46. The zero-order valence-electron chi connectivity index (χ0n) is 16.0. The lowest BCUT2D eigenvalue weighted by atomic mass is 9.91. The number of amides is 1. The summed E-state index contributed by atoms with van der Waals surface area (Å²) in [5.41, 5.74) is 0.567. The molecule has 2 atom stereocenters. The predicted molar refractivity (Wildman–Crippen MR) is 102 cm³/mol. The largest absolute Gasteiger partial charge is 0.338 e. The van der Waals surface area contributed by atoms with Crippen molar-refractivity contribution in [1.82, 2.24) is 9.21 Å². The summed E-state index contributed by atoms with van der Waals surface area (Å²) in [6.07, 6.45) is 2.96. The van der Waals surface area contributed by atoms with Crippen LogP contribution in [0.1, 0.15) is 50.4 Å². The van der Waals surface area contributed by atoms with E-state index < -0.39 is 10.0 Å². The van der Waals surface area contributed by atoms with Crippen molar-refractivity contribution in [3.05, 3.63) is 29.8 Å². The Morgan fingerprint density at radius 3 is 2.00 bits per heavy atom. The molecular formula is C20H30N2O3S. The average molecular weight is 379 g/mol. The Morgan fingerprint density at radius 1 is 0.923 bits per heavy atom. The molecule has 0 aliphatic carbocycles. The lowest BCUT2D eigenvalue weighted by Gasteiger charge is -2.35. The Labute approximate surface area is 157 Å². The molecule has 2 unspecified atom stereocenters. The minimum atomic E-state index is -3.46. The third kappa shape index (κ3) is 4.12. The molecule has 0 N–H and O–H groups in total. The number of nitrogens with zero attached hydrogens (tertiary/aromatic N) is 2. The topological polar surface area (TPSA) is 57.7 Å². The third-order valence-electron chi connectivity index (χ3n) is 5.64. The zero-order valence-corrected chi connectivity index (χ0v) is 16.8. The van der Waals surface area contributed by atoms with E-state index in [4.69, 9.17) is 0 Å². The van der Waals surface area contributed by atoms with Gasteiger partial charge in [0.1, 0.15) is 0 Å². The SMILES string of the molecule is CC1CCN(S(=O)(=O)c2ccc(C(=O)N3CC(C)CC(C)C3)cc2)CC1. The van der Waals surface area contributed by atoms with Gasteiger partial charge in [-0.25, -0.2) is 8.42 Å². The van der Waals surface area contributed by atoms with Crippen LogP contribution >= 0.6 is 0 Å². The Bertz CT molecular complexity index is 727. The molecule has 1 aromatic rings. The van der Waals surface area contributed by atoms with Gasteiger partial charge >= 0.3 is 0 Å². The van der Waals surface area contributed by atoms with Crippen molar-refractivity contribution in [2.45, 2.75) is 44.9 Å². The summed E-state index contributed by atoms with van der Waals surface area (Å²) >= 11 is 0. The average Bonchev–Trinajstić information content (AvgIpc) is 2.61. The maximum absolute atomic E-state index is 12.8. The van der Waals surface area contributed by atoms with Crippen LogP contribution in [0.15, 0.2) is 29.2 Å². The smallest absolute Gasteiger partial charge is 0.253 e. The van der Waals surface area contributed by atoms with Gasteiger partial charge in [0.2, 0.25) is 10.0 Å². The summed E-state index contributed by atoms with van der Waals surface area (Å²) in [4.78, 5) is 14.9. The van der Waals surface area contributed by atoms with Crippen molar-refractivity contribution in [2.24, 2.45) is 17.8 Å². The van der Waals surface area contributed by atoms with E-state index in [9.17, 15) is 13.2 Å². The Balaban J connectivity index is 1.72. The molecule has 0 radical (unpaired) electrons. The second-order valence-corrected chi connectivity index (χ2v) is 10.2. The molecule has 2 aliphatic rings. The molecule has 0 aromatic heterocycles. The van der Waals surface area contributed by atoms with Gasteiger partial charge in [0.25, 0.3) is 5.91 Å². The molecular weight excluding hydrogens is 348 g/mol. The van der Waals surface area contributed by atoms with Crippen LogP contribution in [0.5, 0.6) is 0 Å². The van der Waals surface area contributed by atoms with Crippen LogP contribution in [0.4, 0.5) is 0 Å². The van der Waals surface area contributed by atoms with Crippen molar-refractivity contribution >= 4 is 15.9 Å². The molecule has 2 fully saturated rings. The second-order valence-electron chi connectivity index (χ2n) is 8.27. The van der Waals surface area contributed by atoms with E-state index in [0.717, 1.165) is 32.4 Å². The summed E-state index contributed by atoms with van der Waals surface area (Å²) in [5.74, 6) is 1.59. The van der Waals surface area contributed by atoms with Gasteiger partial charge in [0, 0.05) is 31.7 Å². The zero-order chi connectivity index (χ0) is 18.9. The maximum Gasteiger partial charge on any atom is 0.253 e. The van der Waals surface area contributed by atoms with Gasteiger partial charge in [-0.05, 0) is 61.3 Å². The van der Waals surface area contributed by atoms with Crippen molar-refractivity contribution in [1.29, 1.82) is 0 Å². The van der Waals surface area contributed by atoms with Gasteiger partial charge in [-0.2, -0.15) is 4.31 Å². The van der Waals surface area contributed by atoms with Crippen LogP contribution in [0.25, 0.3) is 0 Å². The molecule has 3 rings (SSSR count). The standard InChI is InChI=1S/C20H30N2O3S/c1-15-8-10-22(11-9-15)26(24,25)19-6-4-18(5-7-19)20(23)21-13-16(2)12-17(3)14-21/h4-7,15-17H,8-14H2,1-3H3. The number of carbonyl (C=O) groups is 1. The number of hydrogen-bond donors (Lipinski definition) is 0. The highest BCUT2D eigenvalue weighted by Gasteiger charge is 2.29. The predicted octanol–water partition coefficient (Wildman–Crippen LogP) is 3.23. The normalized spacial score (nSPS) is 26.0. The minimum Gasteiger partial charge on any atom is -0.338 e. The quantitative estimate of drug-likeness (QED) is 0.811. The van der Waals surface area contributed by atoms with Crippen molar-refractivity contribution in [3.8, 4) is 0 Å². The van der Waals surface area contributed by atoms with E-state index >= 15 is 0 Å². The number of piperidine rings is 2. The van der Waals surface area contributed by atoms with Crippen molar-refractivity contribution in [2.75, 3.05) is 26.2 Å². The first kappa shape index (κ1) is 19.4. The fourth-order valence-corrected chi connectivity index (χ4v) is 5.62. The Kier molecular flexibility index (Phi) is 5.72. The number of rotatable bonds is 3. The molecule has 1 aromatic carbocycles. The van der Waals surface area contributed by atoms with E-state index in [-0.39, 0.29) is 10.8 Å². The van der Waals surface area contributed by atoms with Crippen LogP contribution in [0.2, 0.25) is 0 Å². The molecule has 0 bridgehead atoms. The monoisotopic (exact) mass is 378 g/mol. The molecule has 2 heterocycles. The maximum atomic E-state index is 12.8. The van der Waals surface area contributed by atoms with Gasteiger partial charge in [-0.1, -0.05) is 20.8 Å². The highest BCUT2D eigenvalue weighted by molar-refractivity contribution is 7.89. The van der Waals surface area contributed by atoms with Crippen LogP contribution in [-0.4, -0.2) is 49.7 Å². The summed E-state index contributed by atoms with van der Waals surface area (Å²) < 4.78 is 27.2.